The lowest BCUT2D eigenvalue weighted by Gasteiger charge is -2.26. The van der Waals surface area contributed by atoms with Crippen LogP contribution in [-0.2, 0) is 14.8 Å². The minimum atomic E-state index is -3.40. The zero-order valence-corrected chi connectivity index (χ0v) is 17.3. The first-order chi connectivity index (χ1) is 14.5. The van der Waals surface area contributed by atoms with E-state index in [1.165, 1.54) is 4.31 Å². The van der Waals surface area contributed by atoms with Crippen molar-refractivity contribution in [1.29, 1.82) is 0 Å². The van der Waals surface area contributed by atoms with Crippen molar-refractivity contribution in [2.45, 2.75) is 0 Å². The molecule has 2 heterocycles. The SMILES string of the molecule is O=C(NCCS(=O)(=O)N1CCOCC1)c1ccc2c(-c3ccncc3)cccc2c1. The average Bonchev–Trinajstić information content (AvgIpc) is 2.79. The van der Waals surface area contributed by atoms with E-state index in [4.69, 9.17) is 4.74 Å². The van der Waals surface area contributed by atoms with Crippen molar-refractivity contribution in [1.82, 2.24) is 14.6 Å². The number of ether oxygens (including phenoxy) is 1. The van der Waals surface area contributed by atoms with Crippen LogP contribution in [0.5, 0.6) is 0 Å². The van der Waals surface area contributed by atoms with E-state index >= 15 is 0 Å². The molecular formula is C22H23N3O4S. The van der Waals surface area contributed by atoms with E-state index in [-0.39, 0.29) is 18.2 Å². The van der Waals surface area contributed by atoms with Crippen LogP contribution in [-0.4, -0.2) is 62.2 Å². The number of nitrogens with one attached hydrogen (secondary N) is 1. The van der Waals surface area contributed by atoms with Gasteiger partial charge < -0.3 is 10.1 Å². The molecule has 1 aliphatic rings. The number of hydrogen-bond donors (Lipinski definition) is 1. The summed E-state index contributed by atoms with van der Waals surface area (Å²) in [4.78, 5) is 16.6. The molecule has 7 nitrogen and oxygen atoms in total. The molecule has 156 valence electrons. The molecule has 0 atom stereocenters. The molecule has 4 rings (SSSR count). The molecular weight excluding hydrogens is 402 g/mol. The number of sulfonamides is 1. The second-order valence-corrected chi connectivity index (χ2v) is 9.15. The highest BCUT2D eigenvalue weighted by molar-refractivity contribution is 7.89. The number of aromatic nitrogens is 1. The fourth-order valence-electron chi connectivity index (χ4n) is 3.56. The van der Waals surface area contributed by atoms with Gasteiger partial charge in [0.2, 0.25) is 10.0 Å². The number of carbonyl (C=O) groups is 1. The van der Waals surface area contributed by atoms with E-state index in [0.717, 1.165) is 21.9 Å². The molecule has 8 heteroatoms. The minimum Gasteiger partial charge on any atom is -0.379 e. The number of pyridine rings is 1. The number of benzene rings is 2. The fraction of sp³-hybridized carbons (Fsp3) is 0.273. The van der Waals surface area contributed by atoms with Crippen molar-refractivity contribution < 1.29 is 17.9 Å². The standard InChI is InChI=1S/C22H23N3O4S/c26-22(24-10-15-30(27,28)25-11-13-29-14-12-25)19-4-5-21-18(16-19)2-1-3-20(21)17-6-8-23-9-7-17/h1-9,16H,10-15H2,(H,24,26). The van der Waals surface area contributed by atoms with Crippen molar-refractivity contribution in [3.8, 4) is 11.1 Å². The maximum Gasteiger partial charge on any atom is 0.251 e. The molecule has 0 spiro atoms. The maximum absolute atomic E-state index is 12.6. The van der Waals surface area contributed by atoms with E-state index < -0.39 is 10.0 Å². The van der Waals surface area contributed by atoms with Gasteiger partial charge in [0.25, 0.3) is 5.91 Å². The summed E-state index contributed by atoms with van der Waals surface area (Å²) >= 11 is 0. The van der Waals surface area contributed by atoms with Crippen LogP contribution in [0.15, 0.2) is 60.9 Å². The fourth-order valence-corrected chi connectivity index (χ4v) is 4.88. The van der Waals surface area contributed by atoms with Crippen LogP contribution in [0.1, 0.15) is 10.4 Å². The van der Waals surface area contributed by atoms with Crippen LogP contribution in [0.25, 0.3) is 21.9 Å². The van der Waals surface area contributed by atoms with E-state index in [0.29, 0.717) is 31.9 Å². The Morgan fingerprint density at radius 1 is 1.07 bits per heavy atom. The van der Waals surface area contributed by atoms with Gasteiger partial charge in [0.05, 0.1) is 19.0 Å². The van der Waals surface area contributed by atoms with Gasteiger partial charge in [-0.15, -0.1) is 0 Å². The first-order valence-electron chi connectivity index (χ1n) is 9.81. The van der Waals surface area contributed by atoms with Gasteiger partial charge in [0, 0.05) is 37.6 Å². The zero-order chi connectivity index (χ0) is 21.0. The van der Waals surface area contributed by atoms with Crippen molar-refractivity contribution in [3.05, 3.63) is 66.5 Å². The predicted octanol–water partition coefficient (Wildman–Crippen LogP) is 2.29. The molecule has 0 radical (unpaired) electrons. The summed E-state index contributed by atoms with van der Waals surface area (Å²) in [6.07, 6.45) is 3.50. The molecule has 2 aromatic carbocycles. The molecule has 1 saturated heterocycles. The summed E-state index contributed by atoms with van der Waals surface area (Å²) in [5, 5.41) is 4.70. The van der Waals surface area contributed by atoms with Crippen LogP contribution in [0.2, 0.25) is 0 Å². The lowest BCUT2D eigenvalue weighted by Crippen LogP contribution is -2.43. The largest absolute Gasteiger partial charge is 0.379 e. The van der Waals surface area contributed by atoms with Crippen LogP contribution in [0.4, 0.5) is 0 Å². The predicted molar refractivity (Wildman–Crippen MR) is 116 cm³/mol. The number of fused-ring (bicyclic) bond motifs is 1. The number of carbonyl (C=O) groups excluding carboxylic acids is 1. The molecule has 0 unspecified atom stereocenters. The number of amides is 1. The Morgan fingerprint density at radius 3 is 2.60 bits per heavy atom. The number of hydrogen-bond acceptors (Lipinski definition) is 5. The van der Waals surface area contributed by atoms with Crippen LogP contribution >= 0.6 is 0 Å². The molecule has 1 aromatic heterocycles. The van der Waals surface area contributed by atoms with Gasteiger partial charge in [-0.25, -0.2) is 8.42 Å². The lowest BCUT2D eigenvalue weighted by atomic mass is 9.97. The number of rotatable bonds is 6. The monoisotopic (exact) mass is 425 g/mol. The molecule has 1 N–H and O–H groups in total. The Kier molecular flexibility index (Phi) is 6.08. The minimum absolute atomic E-state index is 0.0631. The highest BCUT2D eigenvalue weighted by Gasteiger charge is 2.24. The van der Waals surface area contributed by atoms with Crippen LogP contribution in [0.3, 0.4) is 0 Å². The third-order valence-corrected chi connectivity index (χ3v) is 7.01. The quantitative estimate of drug-likeness (QED) is 0.655. The number of morpholine rings is 1. The molecule has 0 bridgehead atoms. The van der Waals surface area contributed by atoms with Crippen molar-refractivity contribution in [2.75, 3.05) is 38.6 Å². The Labute approximate surface area is 175 Å². The maximum atomic E-state index is 12.6. The lowest BCUT2D eigenvalue weighted by molar-refractivity contribution is 0.0730. The van der Waals surface area contributed by atoms with Crippen molar-refractivity contribution >= 4 is 26.7 Å². The van der Waals surface area contributed by atoms with Gasteiger partial charge in [0.1, 0.15) is 0 Å². The first kappa shape index (κ1) is 20.5. The summed E-state index contributed by atoms with van der Waals surface area (Å²) < 4.78 is 31.3. The topological polar surface area (TPSA) is 88.6 Å². The smallest absolute Gasteiger partial charge is 0.251 e. The Hall–Kier alpha value is -2.81. The van der Waals surface area contributed by atoms with Gasteiger partial charge in [-0.05, 0) is 46.2 Å². The Morgan fingerprint density at radius 2 is 1.83 bits per heavy atom. The number of nitrogens with zero attached hydrogens (tertiary/aromatic N) is 2. The second-order valence-electron chi connectivity index (χ2n) is 7.06. The summed E-state index contributed by atoms with van der Waals surface area (Å²) in [5.74, 6) is -0.415. The third kappa shape index (κ3) is 4.51. The molecule has 1 aliphatic heterocycles. The van der Waals surface area contributed by atoms with Gasteiger partial charge in [-0.1, -0.05) is 24.3 Å². The molecule has 0 saturated carbocycles. The highest BCUT2D eigenvalue weighted by atomic mass is 32.2. The van der Waals surface area contributed by atoms with Crippen molar-refractivity contribution in [2.24, 2.45) is 0 Å². The molecule has 1 fully saturated rings. The normalized spacial score (nSPS) is 15.2. The Bertz CT molecular complexity index is 1140. The van der Waals surface area contributed by atoms with E-state index in [2.05, 4.69) is 10.3 Å². The van der Waals surface area contributed by atoms with Gasteiger partial charge >= 0.3 is 0 Å². The highest BCUT2D eigenvalue weighted by Crippen LogP contribution is 2.28. The Balaban J connectivity index is 1.45. The summed E-state index contributed by atoms with van der Waals surface area (Å²) in [7, 11) is -3.40. The van der Waals surface area contributed by atoms with E-state index in [1.807, 2.05) is 42.5 Å². The van der Waals surface area contributed by atoms with Crippen LogP contribution < -0.4 is 5.32 Å². The van der Waals surface area contributed by atoms with E-state index in [9.17, 15) is 13.2 Å². The molecule has 1 amide bonds. The van der Waals surface area contributed by atoms with E-state index in [1.54, 1.807) is 18.5 Å². The van der Waals surface area contributed by atoms with Gasteiger partial charge in [0.15, 0.2) is 0 Å². The summed E-state index contributed by atoms with van der Waals surface area (Å²) in [6.45, 7) is 1.60. The average molecular weight is 426 g/mol. The summed E-state index contributed by atoms with van der Waals surface area (Å²) in [6, 6.07) is 15.4. The molecule has 3 aromatic rings. The van der Waals surface area contributed by atoms with Crippen molar-refractivity contribution in [3.63, 3.8) is 0 Å². The first-order valence-corrected chi connectivity index (χ1v) is 11.4. The third-order valence-electron chi connectivity index (χ3n) is 5.14. The zero-order valence-electron chi connectivity index (χ0n) is 16.5. The molecule has 0 aliphatic carbocycles. The molecule has 30 heavy (non-hydrogen) atoms. The van der Waals surface area contributed by atoms with Gasteiger partial charge in [-0.2, -0.15) is 4.31 Å². The summed E-state index contributed by atoms with van der Waals surface area (Å²) in [5.41, 5.74) is 2.62. The van der Waals surface area contributed by atoms with Gasteiger partial charge in [-0.3, -0.25) is 9.78 Å². The van der Waals surface area contributed by atoms with Crippen LogP contribution in [0, 0.1) is 0 Å². The second kappa shape index (κ2) is 8.91.